The molecule has 0 aromatic heterocycles. The standard InChI is InChI=1S/C17H17BrN2O/c1-11-6-7-14(18)16(10-11)20-17(21)13-8-9-19-15-5-3-2-4-12(13)15/h2-7,10,13,19H,8-9H2,1H3,(H,20,21). The largest absolute Gasteiger partial charge is 0.385 e. The summed E-state index contributed by atoms with van der Waals surface area (Å²) in [4.78, 5) is 12.6. The maximum atomic E-state index is 12.6. The van der Waals surface area contributed by atoms with E-state index in [1.54, 1.807) is 0 Å². The molecule has 1 heterocycles. The van der Waals surface area contributed by atoms with Crippen LogP contribution in [0.2, 0.25) is 0 Å². The Balaban J connectivity index is 1.85. The first-order valence-electron chi connectivity index (χ1n) is 7.05. The molecule has 2 N–H and O–H groups in total. The van der Waals surface area contributed by atoms with E-state index in [0.717, 1.165) is 39.9 Å². The Kier molecular flexibility index (Phi) is 3.97. The SMILES string of the molecule is Cc1ccc(Br)c(NC(=O)C2CCNc3ccccc32)c1. The molecule has 1 atom stereocenters. The van der Waals surface area contributed by atoms with Crippen molar-refractivity contribution < 1.29 is 4.79 Å². The van der Waals surface area contributed by atoms with E-state index in [1.165, 1.54) is 0 Å². The monoisotopic (exact) mass is 344 g/mol. The van der Waals surface area contributed by atoms with Crippen LogP contribution in [0.3, 0.4) is 0 Å². The number of fused-ring (bicyclic) bond motifs is 1. The highest BCUT2D eigenvalue weighted by Gasteiger charge is 2.26. The van der Waals surface area contributed by atoms with E-state index in [-0.39, 0.29) is 11.8 Å². The molecule has 1 aliphatic rings. The predicted molar refractivity (Wildman–Crippen MR) is 89.8 cm³/mol. The summed E-state index contributed by atoms with van der Waals surface area (Å²) >= 11 is 3.49. The van der Waals surface area contributed by atoms with E-state index in [2.05, 4.69) is 26.6 Å². The summed E-state index contributed by atoms with van der Waals surface area (Å²) in [5.74, 6) is -0.0508. The van der Waals surface area contributed by atoms with Gasteiger partial charge in [0.1, 0.15) is 0 Å². The van der Waals surface area contributed by atoms with Gasteiger partial charge in [-0.3, -0.25) is 4.79 Å². The second-order valence-corrected chi connectivity index (χ2v) is 6.18. The molecular formula is C17H17BrN2O. The lowest BCUT2D eigenvalue weighted by atomic mass is 9.90. The van der Waals surface area contributed by atoms with E-state index in [0.29, 0.717) is 0 Å². The highest BCUT2D eigenvalue weighted by molar-refractivity contribution is 9.10. The van der Waals surface area contributed by atoms with Gasteiger partial charge in [0.25, 0.3) is 0 Å². The highest BCUT2D eigenvalue weighted by atomic mass is 79.9. The van der Waals surface area contributed by atoms with Gasteiger partial charge in [-0.1, -0.05) is 24.3 Å². The van der Waals surface area contributed by atoms with E-state index in [9.17, 15) is 4.79 Å². The van der Waals surface area contributed by atoms with Crippen LogP contribution in [-0.4, -0.2) is 12.5 Å². The first kappa shape index (κ1) is 14.1. The van der Waals surface area contributed by atoms with Gasteiger partial charge in [0.2, 0.25) is 5.91 Å². The van der Waals surface area contributed by atoms with Crippen LogP contribution in [0.5, 0.6) is 0 Å². The highest BCUT2D eigenvalue weighted by Crippen LogP contribution is 2.33. The van der Waals surface area contributed by atoms with Gasteiger partial charge in [-0.05, 0) is 58.6 Å². The second-order valence-electron chi connectivity index (χ2n) is 5.33. The van der Waals surface area contributed by atoms with E-state index in [1.807, 2.05) is 49.4 Å². The third-order valence-electron chi connectivity index (χ3n) is 3.78. The molecule has 1 unspecified atom stereocenters. The Bertz CT molecular complexity index is 684. The number of anilines is 2. The fourth-order valence-corrected chi connectivity index (χ4v) is 3.04. The number of para-hydroxylation sites is 1. The minimum atomic E-state index is -0.102. The van der Waals surface area contributed by atoms with Gasteiger partial charge >= 0.3 is 0 Å². The number of hydrogen-bond acceptors (Lipinski definition) is 2. The van der Waals surface area contributed by atoms with Crippen LogP contribution in [0.4, 0.5) is 11.4 Å². The number of nitrogens with one attached hydrogen (secondary N) is 2. The number of halogens is 1. The minimum absolute atomic E-state index is 0.0512. The van der Waals surface area contributed by atoms with Crippen LogP contribution in [0.1, 0.15) is 23.5 Å². The van der Waals surface area contributed by atoms with Gasteiger partial charge in [-0.25, -0.2) is 0 Å². The van der Waals surface area contributed by atoms with Gasteiger partial charge in [-0.15, -0.1) is 0 Å². The number of benzene rings is 2. The minimum Gasteiger partial charge on any atom is -0.385 e. The number of hydrogen-bond donors (Lipinski definition) is 2. The Morgan fingerprint density at radius 1 is 1.29 bits per heavy atom. The molecule has 4 heteroatoms. The van der Waals surface area contributed by atoms with Crippen LogP contribution in [0.25, 0.3) is 0 Å². The van der Waals surface area contributed by atoms with Crippen molar-refractivity contribution in [1.82, 2.24) is 0 Å². The van der Waals surface area contributed by atoms with Gasteiger partial charge in [0, 0.05) is 16.7 Å². The van der Waals surface area contributed by atoms with Gasteiger partial charge in [-0.2, -0.15) is 0 Å². The van der Waals surface area contributed by atoms with Gasteiger partial charge in [0.05, 0.1) is 11.6 Å². The van der Waals surface area contributed by atoms with Crippen molar-refractivity contribution in [1.29, 1.82) is 0 Å². The first-order valence-corrected chi connectivity index (χ1v) is 7.84. The first-order chi connectivity index (χ1) is 10.1. The molecular weight excluding hydrogens is 328 g/mol. The number of aryl methyl sites for hydroxylation is 1. The predicted octanol–water partition coefficient (Wildman–Crippen LogP) is 4.30. The third kappa shape index (κ3) is 2.95. The molecule has 3 rings (SSSR count). The van der Waals surface area contributed by atoms with Crippen LogP contribution < -0.4 is 10.6 Å². The molecule has 2 aromatic rings. The van der Waals surface area contributed by atoms with Gasteiger partial charge in [0.15, 0.2) is 0 Å². The molecule has 0 spiro atoms. The Hall–Kier alpha value is -1.81. The Morgan fingerprint density at radius 2 is 2.10 bits per heavy atom. The molecule has 0 fully saturated rings. The van der Waals surface area contributed by atoms with Crippen molar-refractivity contribution in [3.05, 3.63) is 58.1 Å². The summed E-state index contributed by atoms with van der Waals surface area (Å²) in [5, 5.41) is 6.39. The smallest absolute Gasteiger partial charge is 0.232 e. The number of carbonyl (C=O) groups excluding carboxylic acids is 1. The maximum absolute atomic E-state index is 12.6. The fraction of sp³-hybridized carbons (Fsp3) is 0.235. The van der Waals surface area contributed by atoms with Crippen LogP contribution in [0.15, 0.2) is 46.9 Å². The van der Waals surface area contributed by atoms with Gasteiger partial charge < -0.3 is 10.6 Å². The molecule has 21 heavy (non-hydrogen) atoms. The second kappa shape index (κ2) is 5.90. The molecule has 1 amide bonds. The van der Waals surface area contributed by atoms with Crippen molar-refractivity contribution in [2.24, 2.45) is 0 Å². The zero-order chi connectivity index (χ0) is 14.8. The maximum Gasteiger partial charge on any atom is 0.232 e. The van der Waals surface area contributed by atoms with E-state index in [4.69, 9.17) is 0 Å². The quantitative estimate of drug-likeness (QED) is 0.852. The topological polar surface area (TPSA) is 41.1 Å². The summed E-state index contributed by atoms with van der Waals surface area (Å²) < 4.78 is 0.906. The number of amides is 1. The Labute approximate surface area is 132 Å². The number of rotatable bonds is 2. The van der Waals surface area contributed by atoms with E-state index < -0.39 is 0 Å². The van der Waals surface area contributed by atoms with Crippen molar-refractivity contribution in [2.45, 2.75) is 19.3 Å². The lowest BCUT2D eigenvalue weighted by Gasteiger charge is -2.26. The molecule has 0 bridgehead atoms. The van der Waals surface area contributed by atoms with Crippen LogP contribution >= 0.6 is 15.9 Å². The zero-order valence-electron chi connectivity index (χ0n) is 11.8. The van der Waals surface area contributed by atoms with Crippen LogP contribution in [-0.2, 0) is 4.79 Å². The molecule has 1 aliphatic heterocycles. The molecule has 0 radical (unpaired) electrons. The van der Waals surface area contributed by atoms with Crippen LogP contribution in [0, 0.1) is 6.92 Å². The van der Waals surface area contributed by atoms with Crippen molar-refractivity contribution >= 4 is 33.2 Å². The molecule has 3 nitrogen and oxygen atoms in total. The summed E-state index contributed by atoms with van der Waals surface area (Å²) in [6.45, 7) is 2.84. The lowest BCUT2D eigenvalue weighted by Crippen LogP contribution is -2.27. The third-order valence-corrected chi connectivity index (χ3v) is 4.47. The molecule has 2 aromatic carbocycles. The molecule has 108 valence electrons. The number of carbonyl (C=O) groups is 1. The molecule has 0 aliphatic carbocycles. The van der Waals surface area contributed by atoms with Crippen molar-refractivity contribution in [3.8, 4) is 0 Å². The summed E-state index contributed by atoms with van der Waals surface area (Å²) in [5.41, 5.74) is 4.09. The van der Waals surface area contributed by atoms with Crippen molar-refractivity contribution in [2.75, 3.05) is 17.2 Å². The Morgan fingerprint density at radius 3 is 2.95 bits per heavy atom. The fourth-order valence-electron chi connectivity index (χ4n) is 2.70. The zero-order valence-corrected chi connectivity index (χ0v) is 13.4. The average Bonchev–Trinajstić information content (AvgIpc) is 2.50. The molecule has 0 saturated heterocycles. The summed E-state index contributed by atoms with van der Waals surface area (Å²) in [6.07, 6.45) is 0.812. The average molecular weight is 345 g/mol. The molecule has 0 saturated carbocycles. The normalized spacial score (nSPS) is 16.8. The summed E-state index contributed by atoms with van der Waals surface area (Å²) in [6, 6.07) is 14.0. The van der Waals surface area contributed by atoms with E-state index >= 15 is 0 Å². The summed E-state index contributed by atoms with van der Waals surface area (Å²) in [7, 11) is 0. The van der Waals surface area contributed by atoms with Crippen molar-refractivity contribution in [3.63, 3.8) is 0 Å². The lowest BCUT2D eigenvalue weighted by molar-refractivity contribution is -0.117.